The van der Waals surface area contributed by atoms with Crippen LogP contribution >= 0.6 is 11.3 Å². The number of hydrogen-bond acceptors (Lipinski definition) is 5. The number of piperidine rings is 1. The van der Waals surface area contributed by atoms with E-state index in [4.69, 9.17) is 0 Å². The van der Waals surface area contributed by atoms with Gasteiger partial charge in [-0.2, -0.15) is 9.40 Å². The van der Waals surface area contributed by atoms with Gasteiger partial charge < -0.3 is 0 Å². The summed E-state index contributed by atoms with van der Waals surface area (Å²) in [7, 11) is -1.93. The van der Waals surface area contributed by atoms with E-state index in [0.717, 1.165) is 35.4 Å². The van der Waals surface area contributed by atoms with Crippen LogP contribution < -0.4 is 5.56 Å². The molecule has 6 nitrogen and oxygen atoms in total. The van der Waals surface area contributed by atoms with Crippen molar-refractivity contribution < 1.29 is 8.42 Å². The zero-order chi connectivity index (χ0) is 18.2. The first-order chi connectivity index (χ1) is 11.8. The Balaban J connectivity index is 2.01. The molecule has 1 aliphatic heterocycles. The number of hydrogen-bond donors (Lipinski definition) is 0. The van der Waals surface area contributed by atoms with E-state index in [1.165, 1.54) is 22.1 Å². The van der Waals surface area contributed by atoms with Crippen molar-refractivity contribution in [2.24, 2.45) is 7.05 Å². The highest BCUT2D eigenvalue weighted by atomic mass is 32.2. The molecule has 0 bridgehead atoms. The Hall–Kier alpha value is -1.51. The van der Waals surface area contributed by atoms with E-state index in [9.17, 15) is 13.2 Å². The minimum Gasteiger partial charge on any atom is -0.268 e. The standard InChI is InChI=1S/C17H23N3O3S2/c1-4-13-7-5-6-10-20(13)25(22,23)16-11-15(24-12(16)2)14-8-9-17(21)19(3)18-14/h8-9,11,13H,4-7,10H2,1-3H3. The molecule has 136 valence electrons. The molecule has 0 aliphatic carbocycles. The van der Waals surface area contributed by atoms with E-state index < -0.39 is 10.0 Å². The monoisotopic (exact) mass is 381 g/mol. The maximum absolute atomic E-state index is 13.2. The molecule has 3 rings (SSSR count). The summed E-state index contributed by atoms with van der Waals surface area (Å²) in [6, 6.07) is 4.86. The van der Waals surface area contributed by atoms with Crippen LogP contribution in [0.25, 0.3) is 10.6 Å². The molecule has 0 saturated carbocycles. The zero-order valence-corrected chi connectivity index (χ0v) is 16.4. The van der Waals surface area contributed by atoms with E-state index in [2.05, 4.69) is 5.10 Å². The third-order valence-corrected chi connectivity index (χ3v) is 8.00. The predicted molar refractivity (Wildman–Crippen MR) is 99.3 cm³/mol. The fraction of sp³-hybridized carbons (Fsp3) is 0.529. The van der Waals surface area contributed by atoms with Crippen molar-refractivity contribution >= 4 is 21.4 Å². The van der Waals surface area contributed by atoms with Gasteiger partial charge in [-0.05, 0) is 38.3 Å². The lowest BCUT2D eigenvalue weighted by atomic mass is 10.0. The van der Waals surface area contributed by atoms with Gasteiger partial charge in [-0.1, -0.05) is 13.3 Å². The quantitative estimate of drug-likeness (QED) is 0.816. The molecule has 2 aromatic rings. The number of aromatic nitrogens is 2. The topological polar surface area (TPSA) is 72.3 Å². The summed E-state index contributed by atoms with van der Waals surface area (Å²) in [5.41, 5.74) is 0.423. The van der Waals surface area contributed by atoms with Crippen LogP contribution in [0.1, 0.15) is 37.5 Å². The average Bonchev–Trinajstić information content (AvgIpc) is 3.00. The third-order valence-electron chi connectivity index (χ3n) is 4.72. The van der Waals surface area contributed by atoms with Gasteiger partial charge >= 0.3 is 0 Å². The summed E-state index contributed by atoms with van der Waals surface area (Å²) in [6.45, 7) is 4.45. The second-order valence-electron chi connectivity index (χ2n) is 6.39. The van der Waals surface area contributed by atoms with Crippen molar-refractivity contribution in [3.05, 3.63) is 33.4 Å². The first kappa shape index (κ1) is 18.3. The summed E-state index contributed by atoms with van der Waals surface area (Å²) in [4.78, 5) is 13.4. The van der Waals surface area contributed by atoms with Gasteiger partial charge in [0.2, 0.25) is 10.0 Å². The van der Waals surface area contributed by atoms with Gasteiger partial charge in [0.15, 0.2) is 0 Å². The molecule has 3 heterocycles. The summed E-state index contributed by atoms with van der Waals surface area (Å²) >= 11 is 1.40. The molecule has 1 aliphatic rings. The van der Waals surface area contributed by atoms with Crippen LogP contribution in [0.3, 0.4) is 0 Å². The van der Waals surface area contributed by atoms with Gasteiger partial charge in [-0.25, -0.2) is 13.1 Å². The van der Waals surface area contributed by atoms with Crippen LogP contribution in [-0.2, 0) is 17.1 Å². The van der Waals surface area contributed by atoms with Gasteiger partial charge in [0, 0.05) is 30.6 Å². The normalized spacial score (nSPS) is 19.2. The van der Waals surface area contributed by atoms with Gasteiger partial charge in [-0.15, -0.1) is 11.3 Å². The number of rotatable bonds is 4. The zero-order valence-electron chi connectivity index (χ0n) is 14.7. The van der Waals surface area contributed by atoms with Crippen molar-refractivity contribution in [2.45, 2.75) is 50.5 Å². The lowest BCUT2D eigenvalue weighted by Crippen LogP contribution is -2.43. The molecule has 1 fully saturated rings. The predicted octanol–water partition coefficient (Wildman–Crippen LogP) is 2.77. The molecule has 0 spiro atoms. The molecular formula is C17H23N3O3S2. The van der Waals surface area contributed by atoms with Gasteiger partial charge in [0.05, 0.1) is 9.77 Å². The van der Waals surface area contributed by atoms with Gasteiger partial charge in [0.1, 0.15) is 5.69 Å². The Kier molecular flexibility index (Phi) is 5.13. The van der Waals surface area contributed by atoms with Crippen LogP contribution in [-0.4, -0.2) is 35.1 Å². The van der Waals surface area contributed by atoms with Crippen LogP contribution in [0.15, 0.2) is 27.9 Å². The van der Waals surface area contributed by atoms with Crippen molar-refractivity contribution in [1.29, 1.82) is 0 Å². The Labute approximate surface area is 152 Å². The smallest absolute Gasteiger partial charge is 0.266 e. The highest BCUT2D eigenvalue weighted by molar-refractivity contribution is 7.89. The van der Waals surface area contributed by atoms with Crippen LogP contribution in [0.4, 0.5) is 0 Å². The minimum absolute atomic E-state index is 0.0807. The molecule has 0 amide bonds. The maximum atomic E-state index is 13.2. The second-order valence-corrected chi connectivity index (χ2v) is 9.50. The number of aryl methyl sites for hydroxylation is 2. The van der Waals surface area contributed by atoms with Crippen molar-refractivity contribution in [3.63, 3.8) is 0 Å². The van der Waals surface area contributed by atoms with Gasteiger partial charge in [-0.3, -0.25) is 4.79 Å². The van der Waals surface area contributed by atoms with Crippen molar-refractivity contribution in [3.8, 4) is 10.6 Å². The first-order valence-electron chi connectivity index (χ1n) is 8.51. The molecular weight excluding hydrogens is 358 g/mol. The summed E-state index contributed by atoms with van der Waals surface area (Å²) in [5, 5.41) is 4.23. The van der Waals surface area contributed by atoms with E-state index >= 15 is 0 Å². The van der Waals surface area contributed by atoms with Crippen LogP contribution in [0.5, 0.6) is 0 Å². The highest BCUT2D eigenvalue weighted by Crippen LogP contribution is 2.36. The molecule has 0 radical (unpaired) electrons. The second kappa shape index (κ2) is 7.01. The Morgan fingerprint density at radius 2 is 2.08 bits per heavy atom. The minimum atomic E-state index is -3.51. The third kappa shape index (κ3) is 3.43. The summed E-state index contributed by atoms with van der Waals surface area (Å²) in [5.74, 6) is 0. The number of nitrogens with zero attached hydrogens (tertiary/aromatic N) is 3. The van der Waals surface area contributed by atoms with Gasteiger partial charge in [0.25, 0.3) is 5.56 Å². The number of sulfonamides is 1. The highest BCUT2D eigenvalue weighted by Gasteiger charge is 2.34. The van der Waals surface area contributed by atoms with E-state index in [1.807, 2.05) is 13.8 Å². The molecule has 2 aromatic heterocycles. The van der Waals surface area contributed by atoms with E-state index in [0.29, 0.717) is 17.1 Å². The molecule has 1 atom stereocenters. The lowest BCUT2D eigenvalue weighted by molar-refractivity contribution is 0.246. The Morgan fingerprint density at radius 3 is 2.76 bits per heavy atom. The molecule has 1 saturated heterocycles. The molecule has 0 aromatic carbocycles. The maximum Gasteiger partial charge on any atom is 0.266 e. The fourth-order valence-electron chi connectivity index (χ4n) is 3.31. The lowest BCUT2D eigenvalue weighted by Gasteiger charge is -2.34. The summed E-state index contributed by atoms with van der Waals surface area (Å²) in [6.07, 6.45) is 3.75. The average molecular weight is 382 g/mol. The largest absolute Gasteiger partial charge is 0.268 e. The van der Waals surface area contributed by atoms with Crippen LogP contribution in [0, 0.1) is 6.92 Å². The number of thiophene rings is 1. The van der Waals surface area contributed by atoms with E-state index in [1.54, 1.807) is 23.5 Å². The Morgan fingerprint density at radius 1 is 1.32 bits per heavy atom. The first-order valence-corrected chi connectivity index (χ1v) is 10.8. The van der Waals surface area contributed by atoms with Crippen molar-refractivity contribution in [1.82, 2.24) is 14.1 Å². The fourth-order valence-corrected chi connectivity index (χ4v) is 6.60. The van der Waals surface area contributed by atoms with Crippen LogP contribution in [0.2, 0.25) is 0 Å². The summed E-state index contributed by atoms with van der Waals surface area (Å²) < 4.78 is 29.3. The van der Waals surface area contributed by atoms with Crippen molar-refractivity contribution in [2.75, 3.05) is 6.54 Å². The molecule has 8 heteroatoms. The molecule has 0 N–H and O–H groups in total. The molecule has 1 unspecified atom stereocenters. The molecule has 25 heavy (non-hydrogen) atoms. The van der Waals surface area contributed by atoms with E-state index in [-0.39, 0.29) is 11.6 Å². The SMILES string of the molecule is CCC1CCCCN1S(=O)(=O)c1cc(-c2ccc(=O)n(C)n2)sc1C. The Bertz CT molecular complexity index is 931.